The lowest BCUT2D eigenvalue weighted by Crippen LogP contribution is -2.07. The molecule has 4 nitrogen and oxygen atoms in total. The van der Waals surface area contributed by atoms with Gasteiger partial charge >= 0.3 is 5.97 Å². The van der Waals surface area contributed by atoms with Gasteiger partial charge in [0.05, 0.1) is 16.9 Å². The molecule has 4 heteroatoms. The normalized spacial score (nSPS) is 10.2. The monoisotopic (exact) mass is 208 g/mol. The molecule has 0 heterocycles. The van der Waals surface area contributed by atoms with Crippen molar-refractivity contribution in [2.24, 2.45) is 0 Å². The SMILES string of the molecule is CCCCc1ccc(C(=O)O)c(N)c1N. The van der Waals surface area contributed by atoms with Gasteiger partial charge in [0.1, 0.15) is 0 Å². The van der Waals surface area contributed by atoms with Crippen LogP contribution in [0.15, 0.2) is 12.1 Å². The van der Waals surface area contributed by atoms with E-state index in [1.807, 2.05) is 0 Å². The van der Waals surface area contributed by atoms with E-state index in [1.54, 1.807) is 6.07 Å². The zero-order chi connectivity index (χ0) is 11.4. The fourth-order valence-electron chi connectivity index (χ4n) is 1.45. The van der Waals surface area contributed by atoms with Gasteiger partial charge in [-0.3, -0.25) is 0 Å². The summed E-state index contributed by atoms with van der Waals surface area (Å²) in [6.45, 7) is 2.09. The third kappa shape index (κ3) is 2.40. The molecule has 0 aromatic heterocycles. The Morgan fingerprint density at radius 2 is 2.00 bits per heavy atom. The van der Waals surface area contributed by atoms with Crippen LogP contribution >= 0.6 is 0 Å². The maximum Gasteiger partial charge on any atom is 0.337 e. The van der Waals surface area contributed by atoms with Gasteiger partial charge < -0.3 is 16.6 Å². The molecule has 1 rings (SSSR count). The van der Waals surface area contributed by atoms with Crippen LogP contribution in [0.3, 0.4) is 0 Å². The number of carbonyl (C=O) groups is 1. The molecule has 0 spiro atoms. The number of aromatic carboxylic acids is 1. The van der Waals surface area contributed by atoms with Crippen molar-refractivity contribution in [3.63, 3.8) is 0 Å². The summed E-state index contributed by atoms with van der Waals surface area (Å²) in [7, 11) is 0. The minimum atomic E-state index is -1.04. The van der Waals surface area contributed by atoms with Crippen molar-refractivity contribution in [3.8, 4) is 0 Å². The quantitative estimate of drug-likeness (QED) is 0.659. The van der Waals surface area contributed by atoms with E-state index in [4.69, 9.17) is 16.6 Å². The summed E-state index contributed by atoms with van der Waals surface area (Å²) in [5.74, 6) is -1.04. The zero-order valence-corrected chi connectivity index (χ0v) is 8.79. The minimum Gasteiger partial charge on any atom is -0.478 e. The fraction of sp³-hybridized carbons (Fsp3) is 0.364. The molecule has 0 aliphatic heterocycles. The van der Waals surface area contributed by atoms with Gasteiger partial charge in [0.25, 0.3) is 0 Å². The summed E-state index contributed by atoms with van der Waals surface area (Å²) in [4.78, 5) is 10.8. The summed E-state index contributed by atoms with van der Waals surface area (Å²) in [6.07, 6.45) is 2.93. The van der Waals surface area contributed by atoms with Crippen molar-refractivity contribution in [2.45, 2.75) is 26.2 Å². The summed E-state index contributed by atoms with van der Waals surface area (Å²) >= 11 is 0. The molecule has 5 N–H and O–H groups in total. The van der Waals surface area contributed by atoms with Gasteiger partial charge in [0.2, 0.25) is 0 Å². The predicted octanol–water partition coefficient (Wildman–Crippen LogP) is 1.89. The predicted molar refractivity (Wildman–Crippen MR) is 60.8 cm³/mol. The number of hydrogen-bond donors (Lipinski definition) is 3. The Kier molecular flexibility index (Phi) is 3.55. The van der Waals surface area contributed by atoms with Gasteiger partial charge in [0.15, 0.2) is 0 Å². The van der Waals surface area contributed by atoms with E-state index >= 15 is 0 Å². The van der Waals surface area contributed by atoms with Crippen LogP contribution in [0.5, 0.6) is 0 Å². The minimum absolute atomic E-state index is 0.0766. The third-order valence-corrected chi connectivity index (χ3v) is 2.41. The molecule has 82 valence electrons. The first-order chi connectivity index (χ1) is 7.07. The van der Waals surface area contributed by atoms with Crippen molar-refractivity contribution in [1.82, 2.24) is 0 Å². The van der Waals surface area contributed by atoms with E-state index in [1.165, 1.54) is 6.07 Å². The van der Waals surface area contributed by atoms with Gasteiger partial charge in [0, 0.05) is 0 Å². The Labute approximate surface area is 88.9 Å². The first-order valence-corrected chi connectivity index (χ1v) is 4.98. The molecule has 0 saturated carbocycles. The lowest BCUT2D eigenvalue weighted by molar-refractivity contribution is 0.0698. The molecule has 1 aromatic rings. The van der Waals surface area contributed by atoms with Crippen molar-refractivity contribution in [1.29, 1.82) is 0 Å². The highest BCUT2D eigenvalue weighted by atomic mass is 16.4. The molecular formula is C11H16N2O2. The average molecular weight is 208 g/mol. The van der Waals surface area contributed by atoms with Crippen LogP contribution in [0.1, 0.15) is 35.7 Å². The van der Waals surface area contributed by atoms with Crippen LogP contribution in [0.4, 0.5) is 11.4 Å². The average Bonchev–Trinajstić information content (AvgIpc) is 2.20. The standard InChI is InChI=1S/C11H16N2O2/c1-2-3-4-7-5-6-8(11(14)15)10(13)9(7)12/h5-6H,2-4,12-13H2,1H3,(H,14,15). The summed E-state index contributed by atoms with van der Waals surface area (Å²) in [6, 6.07) is 3.25. The largest absolute Gasteiger partial charge is 0.478 e. The Morgan fingerprint density at radius 3 is 2.53 bits per heavy atom. The molecule has 0 unspecified atom stereocenters. The highest BCUT2D eigenvalue weighted by Crippen LogP contribution is 2.25. The molecule has 0 radical (unpaired) electrons. The lowest BCUT2D eigenvalue weighted by atomic mass is 10.0. The number of anilines is 2. The van der Waals surface area contributed by atoms with E-state index in [0.29, 0.717) is 5.69 Å². The van der Waals surface area contributed by atoms with Crippen LogP contribution in [0.2, 0.25) is 0 Å². The van der Waals surface area contributed by atoms with E-state index in [2.05, 4.69) is 6.92 Å². The highest BCUT2D eigenvalue weighted by Gasteiger charge is 2.12. The number of unbranched alkanes of at least 4 members (excludes halogenated alkanes) is 1. The molecule has 0 bridgehead atoms. The maximum absolute atomic E-state index is 10.8. The second-order valence-corrected chi connectivity index (χ2v) is 3.51. The van der Waals surface area contributed by atoms with Crippen molar-refractivity contribution in [3.05, 3.63) is 23.3 Å². The molecule has 1 aromatic carbocycles. The van der Waals surface area contributed by atoms with Crippen molar-refractivity contribution in [2.75, 3.05) is 11.5 Å². The number of aryl methyl sites for hydroxylation is 1. The van der Waals surface area contributed by atoms with Gasteiger partial charge in [-0.1, -0.05) is 19.4 Å². The third-order valence-electron chi connectivity index (χ3n) is 2.41. The number of carboxylic acid groups (broad SMARTS) is 1. The summed E-state index contributed by atoms with van der Waals surface area (Å²) in [5.41, 5.74) is 13.0. The number of hydrogen-bond acceptors (Lipinski definition) is 3. The first kappa shape index (κ1) is 11.4. The van der Waals surface area contributed by atoms with Crippen LogP contribution in [-0.2, 0) is 6.42 Å². The number of nitrogens with two attached hydrogens (primary N) is 2. The molecule has 0 amide bonds. The number of rotatable bonds is 4. The lowest BCUT2D eigenvalue weighted by Gasteiger charge is -2.10. The number of benzene rings is 1. The molecule has 15 heavy (non-hydrogen) atoms. The zero-order valence-electron chi connectivity index (χ0n) is 8.79. The van der Waals surface area contributed by atoms with Crippen LogP contribution in [0.25, 0.3) is 0 Å². The van der Waals surface area contributed by atoms with E-state index < -0.39 is 5.97 Å². The first-order valence-electron chi connectivity index (χ1n) is 4.98. The molecule has 0 atom stereocenters. The van der Waals surface area contributed by atoms with Gasteiger partial charge in [-0.15, -0.1) is 0 Å². The number of carboxylic acids is 1. The Hall–Kier alpha value is -1.71. The highest BCUT2D eigenvalue weighted by molar-refractivity contribution is 5.97. The fourth-order valence-corrected chi connectivity index (χ4v) is 1.45. The van der Waals surface area contributed by atoms with Gasteiger partial charge in [-0.05, 0) is 24.5 Å². The van der Waals surface area contributed by atoms with Gasteiger partial charge in [-0.2, -0.15) is 0 Å². The Balaban J connectivity index is 3.04. The Morgan fingerprint density at radius 1 is 1.33 bits per heavy atom. The van der Waals surface area contributed by atoms with E-state index in [9.17, 15) is 4.79 Å². The second kappa shape index (κ2) is 4.68. The number of nitrogen functional groups attached to an aromatic ring is 2. The van der Waals surface area contributed by atoms with Crippen LogP contribution in [0, 0.1) is 0 Å². The van der Waals surface area contributed by atoms with Crippen molar-refractivity contribution < 1.29 is 9.90 Å². The summed E-state index contributed by atoms with van der Waals surface area (Å²) in [5, 5.41) is 8.82. The van der Waals surface area contributed by atoms with Gasteiger partial charge in [-0.25, -0.2) is 4.79 Å². The Bertz CT molecular complexity index is 375. The van der Waals surface area contributed by atoms with Crippen molar-refractivity contribution >= 4 is 17.3 Å². The molecule has 0 saturated heterocycles. The molecule has 0 aliphatic carbocycles. The summed E-state index contributed by atoms with van der Waals surface area (Å²) < 4.78 is 0. The topological polar surface area (TPSA) is 89.3 Å². The van der Waals surface area contributed by atoms with Crippen LogP contribution < -0.4 is 11.5 Å². The maximum atomic E-state index is 10.8. The molecular weight excluding hydrogens is 192 g/mol. The smallest absolute Gasteiger partial charge is 0.337 e. The van der Waals surface area contributed by atoms with Crippen LogP contribution in [-0.4, -0.2) is 11.1 Å². The van der Waals surface area contributed by atoms with E-state index in [-0.39, 0.29) is 11.3 Å². The molecule has 0 fully saturated rings. The van der Waals surface area contributed by atoms with E-state index in [0.717, 1.165) is 24.8 Å². The molecule has 0 aliphatic rings. The second-order valence-electron chi connectivity index (χ2n) is 3.51.